The van der Waals surface area contributed by atoms with Gasteiger partial charge in [-0.2, -0.15) is 5.26 Å². The number of hydrogen-bond acceptors (Lipinski definition) is 7. The highest BCUT2D eigenvalue weighted by Crippen LogP contribution is 2.29. The third-order valence-corrected chi connectivity index (χ3v) is 3.63. The van der Waals surface area contributed by atoms with Crippen LogP contribution in [0.3, 0.4) is 0 Å². The summed E-state index contributed by atoms with van der Waals surface area (Å²) in [5, 5.41) is 30.4. The number of aromatic nitrogens is 1. The third kappa shape index (κ3) is 4.31. The zero-order valence-corrected chi connectivity index (χ0v) is 14.7. The van der Waals surface area contributed by atoms with Crippen LogP contribution in [0.5, 0.6) is 11.5 Å². The number of nitrogens with zero attached hydrogens (tertiary/aromatic N) is 2. The number of phenols is 1. The Balaban J connectivity index is 2.57. The molecule has 0 unspecified atom stereocenters. The van der Waals surface area contributed by atoms with Crippen LogP contribution in [0.15, 0.2) is 23.0 Å². The van der Waals surface area contributed by atoms with E-state index in [1.165, 1.54) is 25.3 Å². The quantitative estimate of drug-likeness (QED) is 0.563. The minimum atomic E-state index is -0.740. The number of aromatic hydroxyl groups is 1. The number of nitrogens with one attached hydrogen (secondary N) is 1. The number of rotatable bonds is 7. The van der Waals surface area contributed by atoms with Crippen LogP contribution in [0.25, 0.3) is 12.2 Å². The van der Waals surface area contributed by atoms with Crippen LogP contribution in [0.2, 0.25) is 0 Å². The summed E-state index contributed by atoms with van der Waals surface area (Å²) in [4.78, 5) is 25.3. The van der Waals surface area contributed by atoms with Crippen molar-refractivity contribution in [3.8, 4) is 17.6 Å². The Morgan fingerprint density at radius 3 is 2.74 bits per heavy atom. The molecule has 0 amide bonds. The highest BCUT2D eigenvalue weighted by molar-refractivity contribution is 5.74. The van der Waals surface area contributed by atoms with Crippen LogP contribution in [-0.2, 0) is 11.3 Å². The Bertz CT molecular complexity index is 988. The predicted octanol–water partition coefficient (Wildman–Crippen LogP) is 2.58. The van der Waals surface area contributed by atoms with Crippen molar-refractivity contribution in [2.45, 2.75) is 13.5 Å². The molecule has 0 bridgehead atoms. The lowest BCUT2D eigenvalue weighted by molar-refractivity contribution is -0.386. The third-order valence-electron chi connectivity index (χ3n) is 3.63. The minimum absolute atomic E-state index is 0.0332. The van der Waals surface area contributed by atoms with Crippen molar-refractivity contribution in [2.75, 3.05) is 13.7 Å². The molecule has 0 aliphatic rings. The van der Waals surface area contributed by atoms with Crippen LogP contribution < -0.4 is 10.3 Å². The summed E-state index contributed by atoms with van der Waals surface area (Å²) >= 11 is 0. The number of benzene rings is 1. The number of nitro groups is 1. The average Bonchev–Trinajstić information content (AvgIpc) is 2.62. The monoisotopic (exact) mass is 371 g/mol. The van der Waals surface area contributed by atoms with Gasteiger partial charge in [0.2, 0.25) is 0 Å². The predicted molar refractivity (Wildman–Crippen MR) is 97.3 cm³/mol. The van der Waals surface area contributed by atoms with Gasteiger partial charge in [-0.15, -0.1) is 0 Å². The van der Waals surface area contributed by atoms with E-state index in [0.717, 1.165) is 0 Å². The zero-order valence-electron chi connectivity index (χ0n) is 14.7. The van der Waals surface area contributed by atoms with Crippen LogP contribution >= 0.6 is 0 Å². The van der Waals surface area contributed by atoms with Crippen molar-refractivity contribution in [3.05, 3.63) is 61.1 Å². The molecule has 0 fully saturated rings. The molecule has 140 valence electrons. The van der Waals surface area contributed by atoms with Gasteiger partial charge < -0.3 is 19.6 Å². The highest BCUT2D eigenvalue weighted by atomic mass is 16.6. The second-order valence-corrected chi connectivity index (χ2v) is 5.37. The molecule has 2 rings (SSSR count). The molecule has 1 aromatic heterocycles. The van der Waals surface area contributed by atoms with E-state index in [1.54, 1.807) is 25.1 Å². The number of methoxy groups -OCH3 is 1. The fourth-order valence-electron chi connectivity index (χ4n) is 2.48. The molecule has 9 nitrogen and oxygen atoms in total. The van der Waals surface area contributed by atoms with E-state index in [1.807, 2.05) is 0 Å². The van der Waals surface area contributed by atoms with Crippen LogP contribution in [0.4, 0.5) is 5.69 Å². The smallest absolute Gasteiger partial charge is 0.299 e. The van der Waals surface area contributed by atoms with Crippen molar-refractivity contribution >= 4 is 17.8 Å². The van der Waals surface area contributed by atoms with Gasteiger partial charge in [-0.3, -0.25) is 14.9 Å². The second-order valence-electron chi connectivity index (χ2n) is 5.37. The van der Waals surface area contributed by atoms with E-state index in [0.29, 0.717) is 12.2 Å². The van der Waals surface area contributed by atoms with Crippen molar-refractivity contribution in [3.63, 3.8) is 0 Å². The maximum absolute atomic E-state index is 12.1. The van der Waals surface area contributed by atoms with Gasteiger partial charge in [-0.1, -0.05) is 12.1 Å². The molecule has 2 N–H and O–H groups in total. The largest absolute Gasteiger partial charge is 0.504 e. The molecule has 0 aliphatic heterocycles. The molecule has 0 aliphatic carbocycles. The topological polar surface area (TPSA) is 138 Å². The maximum atomic E-state index is 12.1. The molecule has 1 heterocycles. The Morgan fingerprint density at radius 1 is 1.41 bits per heavy atom. The SMILES string of the molecule is CCOc1cc(/C=C/c2[nH]c(=O)c(C#N)c(COC)c2[N+](=O)[O-])ccc1O. The highest BCUT2D eigenvalue weighted by Gasteiger charge is 2.25. The first-order valence-electron chi connectivity index (χ1n) is 7.89. The molecular weight excluding hydrogens is 354 g/mol. The molecule has 0 saturated carbocycles. The van der Waals surface area contributed by atoms with Crippen molar-refractivity contribution < 1.29 is 19.5 Å². The van der Waals surface area contributed by atoms with E-state index in [-0.39, 0.29) is 34.9 Å². The summed E-state index contributed by atoms with van der Waals surface area (Å²) in [6, 6.07) is 6.24. The number of aromatic amines is 1. The average molecular weight is 371 g/mol. The van der Waals surface area contributed by atoms with Crippen LogP contribution in [0.1, 0.15) is 29.3 Å². The van der Waals surface area contributed by atoms with Gasteiger partial charge in [-0.25, -0.2) is 0 Å². The van der Waals surface area contributed by atoms with E-state index < -0.39 is 16.2 Å². The molecule has 1 aromatic carbocycles. The second kappa shape index (κ2) is 8.64. The maximum Gasteiger partial charge on any atom is 0.299 e. The fraction of sp³-hybridized carbons (Fsp3) is 0.222. The lowest BCUT2D eigenvalue weighted by Crippen LogP contribution is -2.18. The first kappa shape index (κ1) is 19.7. The number of ether oxygens (including phenoxy) is 2. The van der Waals surface area contributed by atoms with Gasteiger partial charge in [0.1, 0.15) is 17.3 Å². The normalized spacial score (nSPS) is 10.7. The first-order chi connectivity index (χ1) is 12.9. The van der Waals surface area contributed by atoms with Gasteiger partial charge in [0.25, 0.3) is 11.2 Å². The van der Waals surface area contributed by atoms with Crippen molar-refractivity contribution in [2.24, 2.45) is 0 Å². The van der Waals surface area contributed by atoms with Gasteiger partial charge in [0, 0.05) is 7.11 Å². The standard InChI is InChI=1S/C18H17N3O6/c1-3-27-16-8-11(5-7-15(16)22)4-6-14-17(21(24)25)13(10-26-2)12(9-19)18(23)20-14/h4-8,22H,3,10H2,1-2H3,(H,20,23)/b6-4+. The summed E-state index contributed by atoms with van der Waals surface area (Å²) in [6.45, 7) is 1.87. The first-order valence-corrected chi connectivity index (χ1v) is 7.89. The van der Waals surface area contributed by atoms with Gasteiger partial charge >= 0.3 is 0 Å². The Hall–Kier alpha value is -3.64. The number of phenolic OH excluding ortho intramolecular Hbond substituents is 1. The summed E-state index contributed by atoms with van der Waals surface area (Å²) in [5.74, 6) is 0.233. The summed E-state index contributed by atoms with van der Waals surface area (Å²) < 4.78 is 10.2. The number of nitriles is 1. The Morgan fingerprint density at radius 2 is 2.15 bits per heavy atom. The lowest BCUT2D eigenvalue weighted by atomic mass is 10.1. The minimum Gasteiger partial charge on any atom is -0.504 e. The number of pyridine rings is 1. The summed E-state index contributed by atoms with van der Waals surface area (Å²) in [5.41, 5.74) is -1.08. The molecule has 0 saturated heterocycles. The number of hydrogen-bond donors (Lipinski definition) is 2. The van der Waals surface area contributed by atoms with Crippen molar-refractivity contribution in [1.82, 2.24) is 4.98 Å². The molecule has 0 radical (unpaired) electrons. The van der Waals surface area contributed by atoms with E-state index >= 15 is 0 Å². The number of H-pyrrole nitrogens is 1. The molecule has 9 heteroatoms. The van der Waals surface area contributed by atoms with Crippen LogP contribution in [0, 0.1) is 21.4 Å². The Kier molecular flexibility index (Phi) is 6.30. The van der Waals surface area contributed by atoms with E-state index in [2.05, 4.69) is 4.98 Å². The Labute approximate surface area is 154 Å². The van der Waals surface area contributed by atoms with E-state index in [9.17, 15) is 20.0 Å². The lowest BCUT2D eigenvalue weighted by Gasteiger charge is -2.07. The summed E-state index contributed by atoms with van der Waals surface area (Å²) in [7, 11) is 1.31. The fourth-order valence-corrected chi connectivity index (χ4v) is 2.48. The van der Waals surface area contributed by atoms with Crippen LogP contribution in [-0.4, -0.2) is 28.7 Å². The van der Waals surface area contributed by atoms with Gasteiger partial charge in [0.05, 0.1) is 23.7 Å². The molecule has 0 spiro atoms. The van der Waals surface area contributed by atoms with E-state index in [4.69, 9.17) is 14.7 Å². The summed E-state index contributed by atoms with van der Waals surface area (Å²) in [6.07, 6.45) is 2.87. The molecule has 27 heavy (non-hydrogen) atoms. The zero-order chi connectivity index (χ0) is 20.0. The molecular formula is C18H17N3O6. The molecule has 2 aromatic rings. The van der Waals surface area contributed by atoms with Gasteiger partial charge in [0.15, 0.2) is 11.5 Å². The van der Waals surface area contributed by atoms with Gasteiger partial charge in [-0.05, 0) is 30.7 Å². The van der Waals surface area contributed by atoms with Crippen molar-refractivity contribution in [1.29, 1.82) is 5.26 Å². The molecule has 0 atom stereocenters.